The molecule has 148 valence electrons. The zero-order chi connectivity index (χ0) is 18.7. The summed E-state index contributed by atoms with van der Waals surface area (Å²) in [5, 5.41) is 8.92. The summed E-state index contributed by atoms with van der Waals surface area (Å²) in [5.41, 5.74) is 1.84. The number of carbonyl (C=O) groups is 1. The number of hydrogen-bond acceptors (Lipinski definition) is 4. The van der Waals surface area contributed by atoms with E-state index in [1.54, 1.807) is 0 Å². The molecular weight excluding hydrogens is 360 g/mol. The third-order valence-corrected chi connectivity index (χ3v) is 5.86. The number of anilines is 1. The maximum absolute atomic E-state index is 13.0. The highest BCUT2D eigenvalue weighted by atomic mass is 35.5. The molecule has 2 aliphatic rings. The Morgan fingerprint density at radius 2 is 1.74 bits per heavy atom. The largest absolute Gasteiger partial charge is 0.371 e. The molecule has 0 aliphatic carbocycles. The Balaban J connectivity index is 0.00000261. The SMILES string of the molecule is CC(C)N1CCN(C(=O)C2CCN(c3ccc(C#N)cc3)CC2)C[C@H]1C.Cl. The van der Waals surface area contributed by atoms with Crippen LogP contribution >= 0.6 is 12.4 Å². The highest BCUT2D eigenvalue weighted by Crippen LogP contribution is 2.26. The fourth-order valence-corrected chi connectivity index (χ4v) is 4.33. The van der Waals surface area contributed by atoms with E-state index in [0.717, 1.165) is 51.3 Å². The standard InChI is InChI=1S/C21H30N4O.ClH/c1-16(2)25-13-12-24(15-17(25)3)21(26)19-8-10-23(11-9-19)20-6-4-18(14-22)5-7-20;/h4-7,16-17,19H,8-13,15H2,1-3H3;1H/t17-;/m1./s1. The Morgan fingerprint density at radius 1 is 1.11 bits per heavy atom. The average molecular weight is 391 g/mol. The molecule has 3 rings (SSSR count). The van der Waals surface area contributed by atoms with Crippen molar-refractivity contribution in [2.45, 2.75) is 45.7 Å². The molecule has 1 aromatic carbocycles. The van der Waals surface area contributed by atoms with Crippen LogP contribution in [0.1, 0.15) is 39.2 Å². The molecule has 0 bridgehead atoms. The smallest absolute Gasteiger partial charge is 0.225 e. The predicted molar refractivity (Wildman–Crippen MR) is 111 cm³/mol. The van der Waals surface area contributed by atoms with Gasteiger partial charge in [-0.25, -0.2) is 0 Å². The van der Waals surface area contributed by atoms with Crippen molar-refractivity contribution >= 4 is 24.0 Å². The molecule has 1 amide bonds. The summed E-state index contributed by atoms with van der Waals surface area (Å²) in [5.74, 6) is 0.502. The third kappa shape index (κ3) is 4.94. The summed E-state index contributed by atoms with van der Waals surface area (Å²) < 4.78 is 0. The van der Waals surface area contributed by atoms with Gasteiger partial charge >= 0.3 is 0 Å². The minimum atomic E-state index is 0. The quantitative estimate of drug-likeness (QED) is 0.795. The number of nitrogens with zero attached hydrogens (tertiary/aromatic N) is 4. The first-order valence-electron chi connectivity index (χ1n) is 9.79. The fourth-order valence-electron chi connectivity index (χ4n) is 4.33. The number of piperidine rings is 1. The summed E-state index contributed by atoms with van der Waals surface area (Å²) in [6.45, 7) is 11.2. The second-order valence-electron chi connectivity index (χ2n) is 7.88. The van der Waals surface area contributed by atoms with E-state index < -0.39 is 0 Å². The predicted octanol–water partition coefficient (Wildman–Crippen LogP) is 3.14. The Labute approximate surface area is 169 Å². The van der Waals surface area contributed by atoms with E-state index in [2.05, 4.69) is 41.5 Å². The Bertz CT molecular complexity index is 662. The maximum atomic E-state index is 13.0. The number of benzene rings is 1. The number of rotatable bonds is 3. The van der Waals surface area contributed by atoms with Gasteiger partial charge in [-0.3, -0.25) is 9.69 Å². The van der Waals surface area contributed by atoms with Crippen molar-refractivity contribution < 1.29 is 4.79 Å². The zero-order valence-electron chi connectivity index (χ0n) is 16.6. The second-order valence-corrected chi connectivity index (χ2v) is 7.88. The Kier molecular flexibility index (Phi) is 7.52. The van der Waals surface area contributed by atoms with Gasteiger partial charge in [0.15, 0.2) is 0 Å². The van der Waals surface area contributed by atoms with Gasteiger partial charge in [0.05, 0.1) is 11.6 Å². The molecule has 1 aromatic rings. The number of piperazine rings is 1. The molecule has 2 saturated heterocycles. The summed E-state index contributed by atoms with van der Waals surface area (Å²) in [6, 6.07) is 10.9. The van der Waals surface area contributed by atoms with Crippen LogP contribution in [0, 0.1) is 17.2 Å². The van der Waals surface area contributed by atoms with E-state index in [9.17, 15) is 4.79 Å². The normalized spacial score (nSPS) is 21.7. The van der Waals surface area contributed by atoms with Gasteiger partial charge in [-0.15, -0.1) is 12.4 Å². The van der Waals surface area contributed by atoms with Gasteiger partial charge in [0.1, 0.15) is 0 Å². The summed E-state index contributed by atoms with van der Waals surface area (Å²) in [7, 11) is 0. The van der Waals surface area contributed by atoms with Crippen molar-refractivity contribution in [3.63, 3.8) is 0 Å². The van der Waals surface area contributed by atoms with Crippen LogP contribution in [0.5, 0.6) is 0 Å². The molecule has 0 spiro atoms. The summed E-state index contributed by atoms with van der Waals surface area (Å²) in [6.07, 6.45) is 1.83. The van der Waals surface area contributed by atoms with E-state index in [1.807, 2.05) is 24.3 Å². The molecule has 1 atom stereocenters. The van der Waals surface area contributed by atoms with E-state index in [0.29, 0.717) is 23.6 Å². The van der Waals surface area contributed by atoms with Crippen molar-refractivity contribution in [3.05, 3.63) is 29.8 Å². The maximum Gasteiger partial charge on any atom is 0.225 e. The molecule has 0 unspecified atom stereocenters. The molecule has 0 radical (unpaired) electrons. The van der Waals surface area contributed by atoms with Gasteiger partial charge < -0.3 is 9.80 Å². The first-order chi connectivity index (χ1) is 12.5. The number of halogens is 1. The lowest BCUT2D eigenvalue weighted by atomic mass is 9.94. The summed E-state index contributed by atoms with van der Waals surface area (Å²) >= 11 is 0. The van der Waals surface area contributed by atoms with Crippen molar-refractivity contribution in [1.29, 1.82) is 5.26 Å². The molecule has 2 fully saturated rings. The van der Waals surface area contributed by atoms with E-state index in [4.69, 9.17) is 5.26 Å². The number of hydrogen-bond donors (Lipinski definition) is 0. The van der Waals surface area contributed by atoms with E-state index in [1.165, 1.54) is 0 Å². The monoisotopic (exact) mass is 390 g/mol. The minimum absolute atomic E-state index is 0. The highest BCUT2D eigenvalue weighted by Gasteiger charge is 2.33. The van der Waals surface area contributed by atoms with Crippen LogP contribution in [-0.4, -0.2) is 60.5 Å². The first kappa shape index (κ1) is 21.5. The molecule has 5 nitrogen and oxygen atoms in total. The van der Waals surface area contributed by atoms with Crippen molar-refractivity contribution in [3.8, 4) is 6.07 Å². The van der Waals surface area contributed by atoms with Crippen LogP contribution in [0.15, 0.2) is 24.3 Å². The van der Waals surface area contributed by atoms with Gasteiger partial charge in [-0.1, -0.05) is 0 Å². The third-order valence-electron chi connectivity index (χ3n) is 5.86. The van der Waals surface area contributed by atoms with Gasteiger partial charge in [0, 0.05) is 56.4 Å². The molecule has 2 heterocycles. The van der Waals surface area contributed by atoms with Crippen molar-refractivity contribution in [2.75, 3.05) is 37.6 Å². The molecule has 0 aromatic heterocycles. The lowest BCUT2D eigenvalue weighted by Crippen LogP contribution is -2.57. The minimum Gasteiger partial charge on any atom is -0.371 e. The van der Waals surface area contributed by atoms with Crippen LogP contribution in [0.2, 0.25) is 0 Å². The van der Waals surface area contributed by atoms with Crippen LogP contribution < -0.4 is 4.90 Å². The molecule has 6 heteroatoms. The van der Waals surface area contributed by atoms with Crippen molar-refractivity contribution in [1.82, 2.24) is 9.80 Å². The molecular formula is C21H31ClN4O. The average Bonchev–Trinajstić information content (AvgIpc) is 2.67. The highest BCUT2D eigenvalue weighted by molar-refractivity contribution is 5.85. The van der Waals surface area contributed by atoms with Crippen LogP contribution in [0.4, 0.5) is 5.69 Å². The van der Waals surface area contributed by atoms with Crippen molar-refractivity contribution in [2.24, 2.45) is 5.92 Å². The summed E-state index contributed by atoms with van der Waals surface area (Å²) in [4.78, 5) is 19.9. The number of carbonyl (C=O) groups excluding carboxylic acids is 1. The molecule has 27 heavy (non-hydrogen) atoms. The Hall–Kier alpha value is -1.77. The van der Waals surface area contributed by atoms with Gasteiger partial charge in [-0.05, 0) is 57.9 Å². The molecule has 0 saturated carbocycles. The first-order valence-corrected chi connectivity index (χ1v) is 9.79. The van der Waals surface area contributed by atoms with Gasteiger partial charge in [-0.2, -0.15) is 5.26 Å². The molecule has 2 aliphatic heterocycles. The van der Waals surface area contributed by atoms with E-state index in [-0.39, 0.29) is 18.3 Å². The van der Waals surface area contributed by atoms with Crippen LogP contribution in [-0.2, 0) is 4.79 Å². The van der Waals surface area contributed by atoms with Gasteiger partial charge in [0.25, 0.3) is 0 Å². The lowest BCUT2D eigenvalue weighted by Gasteiger charge is -2.43. The topological polar surface area (TPSA) is 50.6 Å². The van der Waals surface area contributed by atoms with Crippen LogP contribution in [0.25, 0.3) is 0 Å². The number of nitriles is 1. The lowest BCUT2D eigenvalue weighted by molar-refractivity contribution is -0.139. The van der Waals surface area contributed by atoms with E-state index >= 15 is 0 Å². The fraction of sp³-hybridized carbons (Fsp3) is 0.619. The Morgan fingerprint density at radius 3 is 2.26 bits per heavy atom. The number of amides is 1. The zero-order valence-corrected chi connectivity index (χ0v) is 17.4. The second kappa shape index (κ2) is 9.43. The van der Waals surface area contributed by atoms with Crippen LogP contribution in [0.3, 0.4) is 0 Å². The molecule has 0 N–H and O–H groups in total. The van der Waals surface area contributed by atoms with Gasteiger partial charge in [0.2, 0.25) is 5.91 Å².